The van der Waals surface area contributed by atoms with Gasteiger partial charge in [-0.05, 0) is 18.9 Å². The van der Waals surface area contributed by atoms with Crippen LogP contribution in [0.5, 0.6) is 0 Å². The number of amides is 1. The zero-order valence-electron chi connectivity index (χ0n) is 10.5. The maximum absolute atomic E-state index is 13.9. The number of rotatable bonds is 2. The third-order valence-electron chi connectivity index (χ3n) is 3.27. The molecule has 0 bridgehead atoms. The van der Waals surface area contributed by atoms with Crippen molar-refractivity contribution in [1.29, 1.82) is 0 Å². The third kappa shape index (κ3) is 2.74. The van der Waals surface area contributed by atoms with Crippen LogP contribution in [0.15, 0.2) is 12.1 Å². The molecule has 1 saturated heterocycles. The zero-order valence-corrected chi connectivity index (χ0v) is 10.5. The lowest BCUT2D eigenvalue weighted by Gasteiger charge is -2.30. The van der Waals surface area contributed by atoms with Crippen molar-refractivity contribution < 1.29 is 18.5 Å². The summed E-state index contributed by atoms with van der Waals surface area (Å²) in [4.78, 5) is 23.0. The molecule has 1 heterocycles. The number of nitrogens with zero attached hydrogens (tertiary/aromatic N) is 2. The van der Waals surface area contributed by atoms with Crippen LogP contribution in [0, 0.1) is 21.7 Å². The fourth-order valence-electron chi connectivity index (χ4n) is 2.14. The first kappa shape index (κ1) is 14.3. The van der Waals surface area contributed by atoms with Crippen molar-refractivity contribution in [2.24, 2.45) is 5.73 Å². The first-order valence-electron chi connectivity index (χ1n) is 6.08. The van der Waals surface area contributed by atoms with Gasteiger partial charge >= 0.3 is 5.69 Å². The van der Waals surface area contributed by atoms with Crippen LogP contribution in [0.3, 0.4) is 0 Å². The molecule has 1 aromatic carbocycles. The van der Waals surface area contributed by atoms with Crippen LogP contribution in [0.25, 0.3) is 0 Å². The molecule has 0 unspecified atom stereocenters. The van der Waals surface area contributed by atoms with E-state index in [4.69, 9.17) is 5.73 Å². The van der Waals surface area contributed by atoms with Crippen molar-refractivity contribution in [2.75, 3.05) is 13.1 Å². The summed E-state index contributed by atoms with van der Waals surface area (Å²) in [5.41, 5.74) is 4.03. The number of benzene rings is 1. The van der Waals surface area contributed by atoms with E-state index in [9.17, 15) is 23.7 Å². The van der Waals surface area contributed by atoms with Gasteiger partial charge in [0.15, 0.2) is 0 Å². The lowest BCUT2D eigenvalue weighted by atomic mass is 10.0. The van der Waals surface area contributed by atoms with Crippen molar-refractivity contribution in [3.05, 3.63) is 39.4 Å². The molecule has 1 aliphatic heterocycles. The van der Waals surface area contributed by atoms with E-state index in [0.29, 0.717) is 38.1 Å². The molecular weight excluding hydrogens is 272 g/mol. The summed E-state index contributed by atoms with van der Waals surface area (Å²) in [6.45, 7) is 0.646. The Bertz CT molecular complexity index is 557. The third-order valence-corrected chi connectivity index (χ3v) is 3.27. The number of carbonyl (C=O) groups excluding carboxylic acids is 1. The molecule has 2 rings (SSSR count). The number of halogens is 2. The van der Waals surface area contributed by atoms with Crippen LogP contribution < -0.4 is 5.73 Å². The molecule has 0 aliphatic carbocycles. The Kier molecular flexibility index (Phi) is 3.93. The van der Waals surface area contributed by atoms with Gasteiger partial charge in [-0.25, -0.2) is 4.39 Å². The van der Waals surface area contributed by atoms with Gasteiger partial charge in [0.1, 0.15) is 5.82 Å². The minimum Gasteiger partial charge on any atom is -0.338 e. The van der Waals surface area contributed by atoms with Gasteiger partial charge in [0.2, 0.25) is 5.82 Å². The molecule has 2 N–H and O–H groups in total. The van der Waals surface area contributed by atoms with Gasteiger partial charge in [-0.2, -0.15) is 4.39 Å². The standard InChI is InChI=1S/C12H13F2N3O3/c13-7-5-9(11(14)10(6-7)17(19)20)12(18)16-3-1-8(15)2-4-16/h5-6,8H,1-4,15H2. The van der Waals surface area contributed by atoms with Crippen molar-refractivity contribution in [1.82, 2.24) is 4.90 Å². The average molecular weight is 285 g/mol. The van der Waals surface area contributed by atoms with Crippen LogP contribution >= 0.6 is 0 Å². The Labute approximate surface area is 113 Å². The number of likely N-dealkylation sites (tertiary alicyclic amines) is 1. The Balaban J connectivity index is 2.32. The van der Waals surface area contributed by atoms with E-state index in [-0.39, 0.29) is 6.04 Å². The molecule has 108 valence electrons. The van der Waals surface area contributed by atoms with Gasteiger partial charge in [0.25, 0.3) is 5.91 Å². The lowest BCUT2D eigenvalue weighted by molar-refractivity contribution is -0.387. The van der Waals surface area contributed by atoms with Crippen LogP contribution in [0.2, 0.25) is 0 Å². The molecule has 1 aromatic rings. The van der Waals surface area contributed by atoms with Crippen molar-refractivity contribution in [2.45, 2.75) is 18.9 Å². The van der Waals surface area contributed by atoms with E-state index in [1.54, 1.807) is 0 Å². The van der Waals surface area contributed by atoms with Crippen LogP contribution in [0.4, 0.5) is 14.5 Å². The Morgan fingerprint density at radius 2 is 1.95 bits per heavy atom. The molecule has 0 radical (unpaired) electrons. The number of nitro benzene ring substituents is 1. The van der Waals surface area contributed by atoms with Crippen LogP contribution in [-0.4, -0.2) is 34.9 Å². The van der Waals surface area contributed by atoms with E-state index in [1.807, 2.05) is 0 Å². The quantitative estimate of drug-likeness (QED) is 0.657. The first-order valence-corrected chi connectivity index (χ1v) is 6.08. The van der Waals surface area contributed by atoms with Gasteiger partial charge in [0, 0.05) is 19.1 Å². The summed E-state index contributed by atoms with van der Waals surface area (Å²) in [5.74, 6) is -3.08. The van der Waals surface area contributed by atoms with Crippen molar-refractivity contribution in [3.63, 3.8) is 0 Å². The van der Waals surface area contributed by atoms with Gasteiger partial charge in [-0.15, -0.1) is 0 Å². The van der Waals surface area contributed by atoms with Crippen LogP contribution in [-0.2, 0) is 0 Å². The van der Waals surface area contributed by atoms with E-state index in [0.717, 1.165) is 0 Å². The van der Waals surface area contributed by atoms with Gasteiger partial charge in [0.05, 0.1) is 16.6 Å². The highest BCUT2D eigenvalue weighted by molar-refractivity contribution is 5.95. The van der Waals surface area contributed by atoms with Crippen molar-refractivity contribution >= 4 is 11.6 Å². The summed E-state index contributed by atoms with van der Waals surface area (Å²) in [6, 6.07) is 1.11. The minimum atomic E-state index is -1.31. The zero-order chi connectivity index (χ0) is 14.9. The highest BCUT2D eigenvalue weighted by atomic mass is 19.1. The fourth-order valence-corrected chi connectivity index (χ4v) is 2.14. The first-order chi connectivity index (χ1) is 9.40. The lowest BCUT2D eigenvalue weighted by Crippen LogP contribution is -2.43. The Morgan fingerprint density at radius 3 is 2.50 bits per heavy atom. The van der Waals surface area contributed by atoms with Gasteiger partial charge in [-0.1, -0.05) is 0 Å². The van der Waals surface area contributed by atoms with E-state index in [1.165, 1.54) is 4.90 Å². The maximum atomic E-state index is 13.9. The topological polar surface area (TPSA) is 89.5 Å². The number of carbonyl (C=O) groups is 1. The molecule has 20 heavy (non-hydrogen) atoms. The average Bonchev–Trinajstić information content (AvgIpc) is 2.41. The van der Waals surface area contributed by atoms with E-state index >= 15 is 0 Å². The number of piperidine rings is 1. The summed E-state index contributed by atoms with van der Waals surface area (Å²) < 4.78 is 27.2. The summed E-state index contributed by atoms with van der Waals surface area (Å²) in [5, 5.41) is 10.6. The highest BCUT2D eigenvalue weighted by Crippen LogP contribution is 2.24. The summed E-state index contributed by atoms with van der Waals surface area (Å²) >= 11 is 0. The number of hydrogen-bond donors (Lipinski definition) is 1. The number of nitrogens with two attached hydrogens (primary N) is 1. The second-order valence-corrected chi connectivity index (χ2v) is 4.67. The predicted molar refractivity (Wildman–Crippen MR) is 66.1 cm³/mol. The molecule has 0 saturated carbocycles. The Hall–Kier alpha value is -2.09. The number of nitro groups is 1. The largest absolute Gasteiger partial charge is 0.338 e. The molecule has 1 amide bonds. The SMILES string of the molecule is NC1CCN(C(=O)c2cc(F)cc([N+](=O)[O-])c2F)CC1. The molecule has 1 fully saturated rings. The maximum Gasteiger partial charge on any atom is 0.308 e. The highest BCUT2D eigenvalue weighted by Gasteiger charge is 2.28. The van der Waals surface area contributed by atoms with Crippen LogP contribution in [0.1, 0.15) is 23.2 Å². The normalized spacial score (nSPS) is 16.2. The van der Waals surface area contributed by atoms with E-state index in [2.05, 4.69) is 0 Å². The fraction of sp³-hybridized carbons (Fsp3) is 0.417. The van der Waals surface area contributed by atoms with E-state index < -0.39 is 33.7 Å². The molecule has 8 heteroatoms. The Morgan fingerprint density at radius 1 is 1.35 bits per heavy atom. The minimum absolute atomic E-state index is 0.0225. The predicted octanol–water partition coefficient (Wildman–Crippen LogP) is 1.44. The molecule has 0 aromatic heterocycles. The van der Waals surface area contributed by atoms with Gasteiger partial charge < -0.3 is 10.6 Å². The molecule has 0 spiro atoms. The van der Waals surface area contributed by atoms with Crippen molar-refractivity contribution in [3.8, 4) is 0 Å². The second kappa shape index (κ2) is 5.49. The second-order valence-electron chi connectivity index (χ2n) is 4.67. The molecule has 0 atom stereocenters. The molecule has 6 nitrogen and oxygen atoms in total. The smallest absolute Gasteiger partial charge is 0.308 e. The summed E-state index contributed by atoms with van der Waals surface area (Å²) in [7, 11) is 0. The monoisotopic (exact) mass is 285 g/mol. The molecular formula is C12H13F2N3O3. The number of hydrogen-bond acceptors (Lipinski definition) is 4. The molecule has 1 aliphatic rings. The summed E-state index contributed by atoms with van der Waals surface area (Å²) in [6.07, 6.45) is 1.12. The van der Waals surface area contributed by atoms with Gasteiger partial charge in [-0.3, -0.25) is 14.9 Å².